The monoisotopic (exact) mass is 639 g/mol. The first-order chi connectivity index (χ1) is 21.9. The summed E-state index contributed by atoms with van der Waals surface area (Å²) in [6.45, 7) is 12.8. The maximum absolute atomic E-state index is 14.4. The Morgan fingerprint density at radius 3 is 2.61 bits per heavy atom. The first-order valence-electron chi connectivity index (χ1n) is 16.1. The number of hydrogen-bond acceptors (Lipinski definition) is 9. The van der Waals surface area contributed by atoms with E-state index in [1.165, 1.54) is 4.90 Å². The molecule has 2 aromatic rings. The number of rotatable bonds is 11. The van der Waals surface area contributed by atoms with E-state index in [2.05, 4.69) is 15.3 Å². The normalized spacial score (nSPS) is 20.5. The van der Waals surface area contributed by atoms with Crippen molar-refractivity contribution in [3.05, 3.63) is 47.7 Å². The van der Waals surface area contributed by atoms with Crippen molar-refractivity contribution in [1.29, 1.82) is 0 Å². The molecule has 0 radical (unpaired) electrons. The second-order valence-corrected chi connectivity index (χ2v) is 13.5. The van der Waals surface area contributed by atoms with Gasteiger partial charge in [0.25, 0.3) is 5.91 Å². The van der Waals surface area contributed by atoms with Crippen LogP contribution >= 0.6 is 0 Å². The molecule has 0 bridgehead atoms. The molecule has 2 aliphatic heterocycles. The number of aromatic nitrogens is 3. The molecule has 4 rings (SSSR count). The van der Waals surface area contributed by atoms with Crippen molar-refractivity contribution in [2.45, 2.75) is 65.0 Å². The van der Waals surface area contributed by atoms with Gasteiger partial charge >= 0.3 is 6.09 Å². The Morgan fingerprint density at radius 1 is 1.17 bits per heavy atom. The minimum atomic E-state index is -1.12. The average Bonchev–Trinajstić information content (AvgIpc) is 3.04. The standard InChI is InChI=1S/C33H49N7O6/c1-22(2)18-40(30(42)26-17-36-31(33(3,4)5)37-28(26)35-11-8-13-45-6)25-15-24(19-39(20-25)32(43)44)29(41)38-12-14-46-27(21-38)23-9-7-10-34-16-23/h7,9-10,16-17,22,24-25,27H,8,11-15,18-21H2,1-6H3,(H,43,44)(H,35,36,37)/t24-,25+,27?/m1/s1. The third-order valence-electron chi connectivity index (χ3n) is 8.25. The van der Waals surface area contributed by atoms with Crippen LogP contribution in [0.4, 0.5) is 10.6 Å². The Balaban J connectivity index is 1.61. The highest BCUT2D eigenvalue weighted by atomic mass is 16.5. The molecule has 13 heteroatoms. The van der Waals surface area contributed by atoms with Crippen molar-refractivity contribution in [3.8, 4) is 0 Å². The molecule has 1 unspecified atom stereocenters. The lowest BCUT2D eigenvalue weighted by Crippen LogP contribution is -2.58. The first-order valence-corrected chi connectivity index (χ1v) is 16.1. The number of nitrogens with zero attached hydrogens (tertiary/aromatic N) is 6. The molecule has 2 aliphatic rings. The van der Waals surface area contributed by atoms with Crippen LogP contribution < -0.4 is 5.32 Å². The fraction of sp³-hybridized carbons (Fsp3) is 0.636. The molecule has 2 aromatic heterocycles. The van der Waals surface area contributed by atoms with Gasteiger partial charge < -0.3 is 34.6 Å². The molecule has 2 N–H and O–H groups in total. The fourth-order valence-corrected chi connectivity index (χ4v) is 5.91. The van der Waals surface area contributed by atoms with Crippen LogP contribution in [-0.4, -0.2) is 118 Å². The van der Waals surface area contributed by atoms with E-state index in [-0.39, 0.29) is 42.3 Å². The molecule has 0 saturated carbocycles. The topological polar surface area (TPSA) is 150 Å². The van der Waals surface area contributed by atoms with Crippen LogP contribution in [0.15, 0.2) is 30.7 Å². The van der Waals surface area contributed by atoms with Crippen LogP contribution in [0.1, 0.15) is 75.3 Å². The van der Waals surface area contributed by atoms with Crippen LogP contribution in [0.25, 0.3) is 0 Å². The summed E-state index contributed by atoms with van der Waals surface area (Å²) < 4.78 is 11.1. The van der Waals surface area contributed by atoms with E-state index in [1.54, 1.807) is 35.5 Å². The predicted octanol–water partition coefficient (Wildman–Crippen LogP) is 3.68. The molecule has 252 valence electrons. The number of anilines is 1. The second kappa shape index (κ2) is 15.6. The summed E-state index contributed by atoms with van der Waals surface area (Å²) in [6.07, 6.45) is 4.61. The Hall–Kier alpha value is -3.84. The van der Waals surface area contributed by atoms with Gasteiger partial charge in [0.1, 0.15) is 23.3 Å². The summed E-state index contributed by atoms with van der Waals surface area (Å²) in [5.41, 5.74) is 0.860. The van der Waals surface area contributed by atoms with Gasteiger partial charge in [-0.25, -0.2) is 14.8 Å². The molecule has 0 aliphatic carbocycles. The number of hydrogen-bond donors (Lipinski definition) is 2. The molecule has 2 fully saturated rings. The van der Waals surface area contributed by atoms with E-state index in [4.69, 9.17) is 14.5 Å². The van der Waals surface area contributed by atoms with Gasteiger partial charge in [-0.2, -0.15) is 0 Å². The Kier molecular flexibility index (Phi) is 11.9. The number of piperidine rings is 1. The highest BCUT2D eigenvalue weighted by molar-refractivity contribution is 5.98. The number of ether oxygens (including phenoxy) is 2. The van der Waals surface area contributed by atoms with E-state index in [0.717, 1.165) is 12.0 Å². The van der Waals surface area contributed by atoms with Crippen LogP contribution in [0.5, 0.6) is 0 Å². The quantitative estimate of drug-likeness (QED) is 0.349. The molecule has 46 heavy (non-hydrogen) atoms. The number of nitrogens with one attached hydrogen (secondary N) is 1. The average molecular weight is 640 g/mol. The molecule has 4 heterocycles. The van der Waals surface area contributed by atoms with Crippen LogP contribution in [0.2, 0.25) is 0 Å². The molecule has 13 nitrogen and oxygen atoms in total. The summed E-state index contributed by atoms with van der Waals surface area (Å²) in [7, 11) is 1.64. The lowest BCUT2D eigenvalue weighted by atomic mass is 9.90. The van der Waals surface area contributed by atoms with Crippen molar-refractivity contribution in [1.82, 2.24) is 29.7 Å². The highest BCUT2D eigenvalue weighted by Gasteiger charge is 2.41. The van der Waals surface area contributed by atoms with E-state index < -0.39 is 18.1 Å². The number of carbonyl (C=O) groups is 3. The molecule has 0 aromatic carbocycles. The molecule has 3 amide bonds. The van der Waals surface area contributed by atoms with E-state index in [1.807, 2.05) is 46.8 Å². The summed E-state index contributed by atoms with van der Waals surface area (Å²) in [5, 5.41) is 13.4. The van der Waals surface area contributed by atoms with E-state index in [9.17, 15) is 19.5 Å². The van der Waals surface area contributed by atoms with E-state index >= 15 is 0 Å². The number of amides is 3. The number of likely N-dealkylation sites (tertiary alicyclic amines) is 1. The minimum absolute atomic E-state index is 0.0684. The summed E-state index contributed by atoms with van der Waals surface area (Å²) in [4.78, 5) is 59.0. The van der Waals surface area contributed by atoms with Gasteiger partial charge in [-0.15, -0.1) is 0 Å². The number of carbonyl (C=O) groups excluding carboxylic acids is 2. The van der Waals surface area contributed by atoms with Crippen molar-refractivity contribution in [2.75, 3.05) is 64.9 Å². The number of methoxy groups -OCH3 is 1. The van der Waals surface area contributed by atoms with Crippen molar-refractivity contribution in [3.63, 3.8) is 0 Å². The lowest BCUT2D eigenvalue weighted by molar-refractivity contribution is -0.145. The molecule has 3 atom stereocenters. The smallest absolute Gasteiger partial charge is 0.407 e. The zero-order chi connectivity index (χ0) is 33.4. The van der Waals surface area contributed by atoms with Gasteiger partial charge in [-0.1, -0.05) is 40.7 Å². The lowest BCUT2D eigenvalue weighted by Gasteiger charge is -2.43. The molecule has 2 saturated heterocycles. The summed E-state index contributed by atoms with van der Waals surface area (Å²) in [6, 6.07) is 3.23. The van der Waals surface area contributed by atoms with E-state index in [0.29, 0.717) is 63.0 Å². The molecular weight excluding hydrogens is 590 g/mol. The number of pyridine rings is 1. The second-order valence-electron chi connectivity index (χ2n) is 13.5. The van der Waals surface area contributed by atoms with Gasteiger partial charge in [0.05, 0.1) is 25.1 Å². The fourth-order valence-electron chi connectivity index (χ4n) is 5.91. The Bertz CT molecular complexity index is 1340. The zero-order valence-electron chi connectivity index (χ0n) is 27.9. The van der Waals surface area contributed by atoms with Crippen LogP contribution in [0, 0.1) is 11.8 Å². The third-order valence-corrected chi connectivity index (χ3v) is 8.25. The maximum Gasteiger partial charge on any atom is 0.407 e. The van der Waals surface area contributed by atoms with Gasteiger partial charge in [-0.3, -0.25) is 14.6 Å². The van der Waals surface area contributed by atoms with Crippen LogP contribution in [-0.2, 0) is 19.7 Å². The van der Waals surface area contributed by atoms with Crippen LogP contribution in [0.3, 0.4) is 0 Å². The van der Waals surface area contributed by atoms with Crippen molar-refractivity contribution >= 4 is 23.7 Å². The highest BCUT2D eigenvalue weighted by Crippen LogP contribution is 2.30. The van der Waals surface area contributed by atoms with Gasteiger partial charge in [0.15, 0.2) is 0 Å². The van der Waals surface area contributed by atoms with Crippen molar-refractivity contribution < 1.29 is 29.0 Å². The largest absolute Gasteiger partial charge is 0.465 e. The predicted molar refractivity (Wildman–Crippen MR) is 173 cm³/mol. The first kappa shape index (κ1) is 35.0. The number of carboxylic acid groups (broad SMARTS) is 1. The summed E-state index contributed by atoms with van der Waals surface area (Å²) in [5.74, 6) is 0.0762. The van der Waals surface area contributed by atoms with Gasteiger partial charge in [0, 0.05) is 76.0 Å². The minimum Gasteiger partial charge on any atom is -0.465 e. The Labute approximate surface area is 271 Å². The Morgan fingerprint density at radius 2 is 1.96 bits per heavy atom. The zero-order valence-corrected chi connectivity index (χ0v) is 27.9. The SMILES string of the molecule is COCCCNc1nc(C(C)(C)C)ncc1C(=O)N(CC(C)C)[C@H]1C[C@@H](C(=O)N2CCOC(c3cccnc3)C2)CN(C(=O)O)C1. The maximum atomic E-state index is 14.4. The van der Waals surface area contributed by atoms with Crippen molar-refractivity contribution in [2.24, 2.45) is 11.8 Å². The van der Waals surface area contributed by atoms with Gasteiger partial charge in [0.2, 0.25) is 5.91 Å². The third kappa shape index (κ3) is 8.91. The molecular formula is C33H49N7O6. The number of morpholine rings is 1. The molecule has 0 spiro atoms. The summed E-state index contributed by atoms with van der Waals surface area (Å²) >= 11 is 0. The van der Waals surface area contributed by atoms with Gasteiger partial charge in [-0.05, 0) is 24.8 Å².